The summed E-state index contributed by atoms with van der Waals surface area (Å²) in [5, 5.41) is 1.73. The fourth-order valence-corrected chi connectivity index (χ4v) is 6.11. The first-order valence-electron chi connectivity index (χ1n) is 10.5. The Kier molecular flexibility index (Phi) is 6.59. The summed E-state index contributed by atoms with van der Waals surface area (Å²) >= 11 is 1.46. The Bertz CT molecular complexity index is 1240. The highest BCUT2D eigenvalue weighted by Crippen LogP contribution is 2.28. The molecule has 0 fully saturated rings. The van der Waals surface area contributed by atoms with Crippen molar-refractivity contribution < 1.29 is 18.0 Å². The lowest BCUT2D eigenvalue weighted by atomic mass is 10.1. The molecule has 7 nitrogen and oxygen atoms in total. The Labute approximate surface area is 191 Å². The lowest BCUT2D eigenvalue weighted by Crippen LogP contribution is -2.46. The Morgan fingerprint density at radius 3 is 2.53 bits per heavy atom. The van der Waals surface area contributed by atoms with Gasteiger partial charge in [0, 0.05) is 11.9 Å². The van der Waals surface area contributed by atoms with Gasteiger partial charge in [-0.05, 0) is 60.2 Å². The van der Waals surface area contributed by atoms with Crippen LogP contribution in [0.5, 0.6) is 0 Å². The molecule has 0 radical (unpaired) electrons. The van der Waals surface area contributed by atoms with Gasteiger partial charge in [-0.15, -0.1) is 11.3 Å². The van der Waals surface area contributed by atoms with Gasteiger partial charge in [0.05, 0.1) is 16.3 Å². The molecule has 0 bridgehead atoms. The fraction of sp³-hybridized carbons (Fsp3) is 0.304. The Balaban J connectivity index is 1.36. The van der Waals surface area contributed by atoms with Crippen LogP contribution in [0.1, 0.15) is 39.4 Å². The normalized spacial score (nSPS) is 14.1. The summed E-state index contributed by atoms with van der Waals surface area (Å²) in [5.41, 5.74) is 5.93. The van der Waals surface area contributed by atoms with Crippen LogP contribution in [0, 0.1) is 0 Å². The molecule has 9 heteroatoms. The second-order valence-corrected chi connectivity index (χ2v) is 11.1. The monoisotopic (exact) mass is 471 g/mol. The fourth-order valence-electron chi connectivity index (χ4n) is 3.80. The van der Waals surface area contributed by atoms with Crippen LogP contribution in [-0.2, 0) is 27.7 Å². The number of rotatable bonds is 5. The van der Waals surface area contributed by atoms with Crippen molar-refractivity contribution in [3.8, 4) is 0 Å². The molecule has 0 aliphatic heterocycles. The third kappa shape index (κ3) is 4.85. The van der Waals surface area contributed by atoms with Gasteiger partial charge in [0.15, 0.2) is 0 Å². The smallest absolute Gasteiger partial charge is 0.272 e. The van der Waals surface area contributed by atoms with Gasteiger partial charge in [0.25, 0.3) is 11.8 Å². The molecule has 168 valence electrons. The number of hydrazine groups is 1. The molecular weight excluding hydrogens is 446 g/mol. The molecule has 0 unspecified atom stereocenters. The number of benzene rings is 2. The van der Waals surface area contributed by atoms with E-state index in [0.717, 1.165) is 40.8 Å². The van der Waals surface area contributed by atoms with E-state index in [2.05, 4.69) is 10.9 Å². The maximum Gasteiger partial charge on any atom is 0.279 e. The van der Waals surface area contributed by atoms with Gasteiger partial charge in [-0.1, -0.05) is 36.8 Å². The molecule has 3 aromatic rings. The van der Waals surface area contributed by atoms with Crippen molar-refractivity contribution in [1.82, 2.24) is 15.2 Å². The number of fused-ring (bicyclic) bond motifs is 2. The minimum absolute atomic E-state index is 0.107. The topological polar surface area (TPSA) is 95.6 Å². The maximum atomic E-state index is 12.9. The Morgan fingerprint density at radius 2 is 1.72 bits per heavy atom. The van der Waals surface area contributed by atoms with E-state index < -0.39 is 28.4 Å². The van der Waals surface area contributed by atoms with Gasteiger partial charge >= 0.3 is 0 Å². The average molecular weight is 472 g/mol. The SMILES string of the molecule is CN(CC(=O)NNC(=O)c1cc2c(s1)CCCCC2)S(=O)(=O)c1ccc2ccccc2c1. The predicted molar refractivity (Wildman–Crippen MR) is 125 cm³/mol. The van der Waals surface area contributed by atoms with Crippen molar-refractivity contribution in [2.45, 2.75) is 37.0 Å². The van der Waals surface area contributed by atoms with E-state index in [4.69, 9.17) is 0 Å². The molecule has 2 aromatic carbocycles. The van der Waals surface area contributed by atoms with Crippen molar-refractivity contribution in [1.29, 1.82) is 0 Å². The molecule has 0 atom stereocenters. The molecule has 32 heavy (non-hydrogen) atoms. The second-order valence-electron chi connectivity index (χ2n) is 7.89. The number of likely N-dealkylation sites (N-methyl/N-ethyl adjacent to an activating group) is 1. The molecule has 1 aliphatic carbocycles. The first-order chi connectivity index (χ1) is 15.3. The molecule has 4 rings (SSSR count). The van der Waals surface area contributed by atoms with Crippen LogP contribution in [0.3, 0.4) is 0 Å². The standard InChI is InChI=1S/C23H25N3O4S2/c1-26(32(29,30)19-12-11-16-7-5-6-8-17(16)13-19)15-22(27)24-25-23(28)21-14-18-9-3-2-4-10-20(18)31-21/h5-8,11-14H,2-4,9-10,15H2,1H3,(H,24,27)(H,25,28). The molecule has 1 heterocycles. The quantitative estimate of drug-likeness (QED) is 0.441. The Morgan fingerprint density at radius 1 is 0.969 bits per heavy atom. The van der Waals surface area contributed by atoms with Crippen LogP contribution in [0.25, 0.3) is 10.8 Å². The number of nitrogens with zero attached hydrogens (tertiary/aromatic N) is 1. The first-order valence-corrected chi connectivity index (χ1v) is 12.8. The maximum absolute atomic E-state index is 12.9. The van der Waals surface area contributed by atoms with E-state index in [1.165, 1.54) is 41.3 Å². The van der Waals surface area contributed by atoms with Gasteiger partial charge in [-0.3, -0.25) is 20.4 Å². The zero-order valence-electron chi connectivity index (χ0n) is 17.8. The summed E-state index contributed by atoms with van der Waals surface area (Å²) in [6, 6.07) is 14.2. The number of nitrogens with one attached hydrogen (secondary N) is 2. The first kappa shape index (κ1) is 22.4. The van der Waals surface area contributed by atoms with Gasteiger partial charge in [-0.25, -0.2) is 8.42 Å². The van der Waals surface area contributed by atoms with E-state index in [-0.39, 0.29) is 4.90 Å². The average Bonchev–Trinajstić information content (AvgIpc) is 3.07. The molecular formula is C23H25N3O4S2. The van der Waals surface area contributed by atoms with E-state index >= 15 is 0 Å². The van der Waals surface area contributed by atoms with E-state index in [0.29, 0.717) is 4.88 Å². The number of thiophene rings is 1. The minimum atomic E-state index is -3.86. The van der Waals surface area contributed by atoms with Crippen molar-refractivity contribution in [2.75, 3.05) is 13.6 Å². The zero-order valence-corrected chi connectivity index (χ0v) is 19.4. The van der Waals surface area contributed by atoms with Crippen molar-refractivity contribution in [3.05, 3.63) is 63.8 Å². The van der Waals surface area contributed by atoms with Gasteiger partial charge in [-0.2, -0.15) is 4.31 Å². The molecule has 0 saturated carbocycles. The summed E-state index contributed by atoms with van der Waals surface area (Å²) in [4.78, 5) is 26.6. The number of hydrogen-bond acceptors (Lipinski definition) is 5. The van der Waals surface area contributed by atoms with Crippen molar-refractivity contribution in [2.24, 2.45) is 0 Å². The number of carbonyl (C=O) groups is 2. The highest BCUT2D eigenvalue weighted by molar-refractivity contribution is 7.89. The van der Waals surface area contributed by atoms with Crippen LogP contribution in [0.15, 0.2) is 53.4 Å². The molecule has 1 aromatic heterocycles. The van der Waals surface area contributed by atoms with Crippen LogP contribution in [0.2, 0.25) is 0 Å². The summed E-state index contributed by atoms with van der Waals surface area (Å²) in [6.45, 7) is -0.420. The number of aryl methyl sites for hydroxylation is 2. The Hall–Kier alpha value is -2.75. The van der Waals surface area contributed by atoms with Crippen LogP contribution >= 0.6 is 11.3 Å². The molecule has 2 amide bonds. The minimum Gasteiger partial charge on any atom is -0.272 e. The lowest BCUT2D eigenvalue weighted by Gasteiger charge is -2.17. The number of amides is 2. The zero-order chi connectivity index (χ0) is 22.7. The van der Waals surface area contributed by atoms with E-state index in [9.17, 15) is 18.0 Å². The summed E-state index contributed by atoms with van der Waals surface area (Å²) in [5.74, 6) is -1.01. The van der Waals surface area contributed by atoms with Gasteiger partial charge < -0.3 is 0 Å². The number of sulfonamides is 1. The summed E-state index contributed by atoms with van der Waals surface area (Å²) < 4.78 is 26.7. The van der Waals surface area contributed by atoms with Gasteiger partial charge in [0.1, 0.15) is 0 Å². The van der Waals surface area contributed by atoms with E-state index in [1.54, 1.807) is 12.1 Å². The third-order valence-corrected chi connectivity index (χ3v) is 8.62. The number of hydrogen-bond donors (Lipinski definition) is 2. The number of carbonyl (C=O) groups excluding carboxylic acids is 2. The lowest BCUT2D eigenvalue weighted by molar-refractivity contribution is -0.121. The second kappa shape index (κ2) is 9.40. The van der Waals surface area contributed by atoms with Crippen molar-refractivity contribution >= 4 is 43.9 Å². The largest absolute Gasteiger partial charge is 0.279 e. The molecule has 0 spiro atoms. The third-order valence-electron chi connectivity index (χ3n) is 5.58. The van der Waals surface area contributed by atoms with E-state index in [1.807, 2.05) is 30.3 Å². The van der Waals surface area contributed by atoms with Crippen LogP contribution in [0.4, 0.5) is 0 Å². The molecule has 2 N–H and O–H groups in total. The molecule has 1 aliphatic rings. The highest BCUT2D eigenvalue weighted by atomic mass is 32.2. The molecule has 0 saturated heterocycles. The van der Waals surface area contributed by atoms with Crippen LogP contribution in [-0.4, -0.2) is 38.1 Å². The van der Waals surface area contributed by atoms with Gasteiger partial charge in [0.2, 0.25) is 10.0 Å². The summed E-state index contributed by atoms with van der Waals surface area (Å²) in [6.07, 6.45) is 5.41. The van der Waals surface area contributed by atoms with Crippen molar-refractivity contribution in [3.63, 3.8) is 0 Å². The predicted octanol–water partition coefficient (Wildman–Crippen LogP) is 3.25. The van der Waals surface area contributed by atoms with Crippen LogP contribution < -0.4 is 10.9 Å². The highest BCUT2D eigenvalue weighted by Gasteiger charge is 2.24. The summed E-state index contributed by atoms with van der Waals surface area (Å²) in [7, 11) is -2.52.